The van der Waals surface area contributed by atoms with E-state index in [0.29, 0.717) is 28.8 Å². The molecule has 1 saturated carbocycles. The lowest BCUT2D eigenvalue weighted by Gasteiger charge is -2.28. The number of carbonyl (C=O) groups excluding carboxylic acids is 1. The average molecular weight is 484 g/mol. The number of nitrogens with one attached hydrogen (secondary N) is 1. The zero-order valence-electron chi connectivity index (χ0n) is 16.8. The fourth-order valence-corrected chi connectivity index (χ4v) is 4.56. The topological polar surface area (TPSA) is 120 Å². The van der Waals surface area contributed by atoms with Crippen LogP contribution in [0.15, 0.2) is 41.6 Å². The number of hydrogen-bond donors (Lipinski definition) is 2. The van der Waals surface area contributed by atoms with E-state index < -0.39 is 21.9 Å². The van der Waals surface area contributed by atoms with Crippen LogP contribution in [-0.2, 0) is 16.6 Å². The second-order valence-electron chi connectivity index (χ2n) is 7.85. The summed E-state index contributed by atoms with van der Waals surface area (Å²) in [5.41, 5.74) is 0.795. The van der Waals surface area contributed by atoms with E-state index in [1.807, 2.05) is 0 Å². The molecule has 0 bridgehead atoms. The first-order valence-corrected chi connectivity index (χ1v) is 11.8. The Morgan fingerprint density at radius 3 is 2.69 bits per heavy atom. The van der Waals surface area contributed by atoms with Gasteiger partial charge in [0.2, 0.25) is 5.92 Å². The molecule has 0 unspecified atom stereocenters. The normalized spacial score (nSPS) is 16.9. The number of aromatic nitrogens is 3. The summed E-state index contributed by atoms with van der Waals surface area (Å²) in [5.74, 6) is -3.27. The highest BCUT2D eigenvalue weighted by molar-refractivity contribution is 7.89. The molecule has 4 rings (SSSR count). The first kappa shape index (κ1) is 22.6. The van der Waals surface area contributed by atoms with Crippen molar-refractivity contribution in [3.63, 3.8) is 0 Å². The Morgan fingerprint density at radius 2 is 2.00 bits per heavy atom. The van der Waals surface area contributed by atoms with E-state index in [9.17, 15) is 22.0 Å². The number of amides is 1. The maximum Gasteiger partial charge on any atom is 0.274 e. The van der Waals surface area contributed by atoms with Crippen LogP contribution < -0.4 is 10.5 Å². The van der Waals surface area contributed by atoms with Crippen molar-refractivity contribution in [1.29, 1.82) is 0 Å². The summed E-state index contributed by atoms with van der Waals surface area (Å²) >= 11 is 6.26. The molecule has 0 saturated heterocycles. The molecule has 170 valence electrons. The van der Waals surface area contributed by atoms with E-state index in [4.69, 9.17) is 16.7 Å². The number of nitrogens with two attached hydrogens (primary N) is 1. The number of anilines is 1. The lowest BCUT2D eigenvalue weighted by atomic mass is 9.87. The van der Waals surface area contributed by atoms with Crippen LogP contribution >= 0.6 is 11.6 Å². The molecule has 3 aromatic rings. The molecule has 1 aromatic carbocycles. The number of alkyl halides is 2. The highest BCUT2D eigenvalue weighted by Crippen LogP contribution is 2.37. The van der Waals surface area contributed by atoms with E-state index in [1.54, 1.807) is 18.2 Å². The van der Waals surface area contributed by atoms with Gasteiger partial charge in [0.05, 0.1) is 5.02 Å². The second-order valence-corrected chi connectivity index (χ2v) is 9.76. The molecule has 3 N–H and O–H groups in total. The van der Waals surface area contributed by atoms with Gasteiger partial charge in [0.25, 0.3) is 15.9 Å². The van der Waals surface area contributed by atoms with Gasteiger partial charge in [-0.15, -0.1) is 0 Å². The molecule has 1 aliphatic carbocycles. The van der Waals surface area contributed by atoms with Crippen molar-refractivity contribution in [3.8, 4) is 0 Å². The fourth-order valence-electron chi connectivity index (χ4n) is 3.85. The molecule has 32 heavy (non-hydrogen) atoms. The van der Waals surface area contributed by atoms with Crippen molar-refractivity contribution in [1.82, 2.24) is 14.8 Å². The van der Waals surface area contributed by atoms with Crippen LogP contribution in [0, 0.1) is 5.92 Å². The van der Waals surface area contributed by atoms with Gasteiger partial charge < -0.3 is 5.32 Å². The Kier molecular flexibility index (Phi) is 5.91. The predicted molar refractivity (Wildman–Crippen MR) is 115 cm³/mol. The largest absolute Gasteiger partial charge is 0.320 e. The quantitative estimate of drug-likeness (QED) is 0.571. The molecule has 0 spiro atoms. The van der Waals surface area contributed by atoms with Gasteiger partial charge in [0, 0.05) is 42.7 Å². The molecule has 8 nitrogen and oxygen atoms in total. The summed E-state index contributed by atoms with van der Waals surface area (Å²) in [7, 11) is -4.05. The van der Waals surface area contributed by atoms with E-state index in [0.717, 1.165) is 6.07 Å². The molecule has 1 aliphatic rings. The van der Waals surface area contributed by atoms with Gasteiger partial charge in [-0.25, -0.2) is 27.3 Å². The van der Waals surface area contributed by atoms with Crippen LogP contribution in [0.1, 0.15) is 36.2 Å². The molecule has 2 aromatic heterocycles. The van der Waals surface area contributed by atoms with Crippen LogP contribution in [0.5, 0.6) is 0 Å². The van der Waals surface area contributed by atoms with E-state index in [2.05, 4.69) is 15.4 Å². The number of rotatable bonds is 5. The highest BCUT2D eigenvalue weighted by Gasteiger charge is 2.35. The summed E-state index contributed by atoms with van der Waals surface area (Å²) in [4.78, 5) is 16.9. The Morgan fingerprint density at radius 1 is 1.28 bits per heavy atom. The fraction of sp³-hybridized carbons (Fsp3) is 0.350. The Balaban J connectivity index is 1.67. The minimum atomic E-state index is -4.05. The monoisotopic (exact) mass is 483 g/mol. The highest BCUT2D eigenvalue weighted by atomic mass is 35.5. The lowest BCUT2D eigenvalue weighted by Crippen LogP contribution is -2.28. The van der Waals surface area contributed by atoms with Crippen LogP contribution in [0.3, 0.4) is 0 Å². The third-order valence-electron chi connectivity index (χ3n) is 5.49. The Labute approximate surface area is 187 Å². The van der Waals surface area contributed by atoms with E-state index in [-0.39, 0.29) is 41.7 Å². The van der Waals surface area contributed by atoms with Gasteiger partial charge in [0.1, 0.15) is 11.2 Å². The molecular weight excluding hydrogens is 464 g/mol. The standard InChI is InChI=1S/C20H20ClF2N5O3S/c21-15-3-1-2-14-17(15)27-28(11-12-4-7-20(22,23)8-5-12)18(14)19(29)26-13-6-9-25-16(10-13)32(24,30)31/h1-3,6,9-10,12H,4-5,7-8,11H2,(H2,24,30,31)(H,25,26,29). The third kappa shape index (κ3) is 4.74. The van der Waals surface area contributed by atoms with Gasteiger partial charge in [-0.2, -0.15) is 5.10 Å². The van der Waals surface area contributed by atoms with Gasteiger partial charge in [0.15, 0.2) is 5.03 Å². The number of nitrogens with zero attached hydrogens (tertiary/aromatic N) is 3. The van der Waals surface area contributed by atoms with Gasteiger partial charge in [-0.1, -0.05) is 23.7 Å². The maximum absolute atomic E-state index is 13.5. The van der Waals surface area contributed by atoms with Crippen LogP contribution in [-0.4, -0.2) is 35.0 Å². The van der Waals surface area contributed by atoms with Gasteiger partial charge >= 0.3 is 0 Å². The number of pyridine rings is 1. The molecular formula is C20H20ClF2N5O3S. The van der Waals surface area contributed by atoms with Crippen molar-refractivity contribution in [2.24, 2.45) is 11.1 Å². The first-order chi connectivity index (χ1) is 15.0. The first-order valence-electron chi connectivity index (χ1n) is 9.86. The molecule has 1 amide bonds. The summed E-state index contributed by atoms with van der Waals surface area (Å²) in [6.45, 7) is 0.280. The number of benzene rings is 1. The Bertz CT molecular complexity index is 1290. The zero-order chi connectivity index (χ0) is 23.1. The molecule has 0 atom stereocenters. The summed E-state index contributed by atoms with van der Waals surface area (Å²) in [6, 6.07) is 7.58. The number of fused-ring (bicyclic) bond motifs is 1. The molecule has 0 radical (unpaired) electrons. The van der Waals surface area contributed by atoms with Crippen LogP contribution in [0.4, 0.5) is 14.5 Å². The lowest BCUT2D eigenvalue weighted by molar-refractivity contribution is -0.0476. The smallest absolute Gasteiger partial charge is 0.274 e. The second kappa shape index (κ2) is 8.38. The Hall–Kier alpha value is -2.63. The minimum Gasteiger partial charge on any atom is -0.320 e. The molecule has 0 aliphatic heterocycles. The number of carbonyl (C=O) groups is 1. The third-order valence-corrected chi connectivity index (χ3v) is 6.60. The van der Waals surface area contributed by atoms with E-state index >= 15 is 0 Å². The van der Waals surface area contributed by atoms with E-state index in [1.165, 1.54) is 16.9 Å². The maximum atomic E-state index is 13.5. The van der Waals surface area contributed by atoms with Crippen molar-refractivity contribution in [2.45, 2.75) is 43.2 Å². The molecule has 1 fully saturated rings. The average Bonchev–Trinajstić information content (AvgIpc) is 3.09. The summed E-state index contributed by atoms with van der Waals surface area (Å²) in [5, 5.41) is 12.7. The van der Waals surface area contributed by atoms with Gasteiger partial charge in [-0.3, -0.25) is 9.48 Å². The SMILES string of the molecule is NS(=O)(=O)c1cc(NC(=O)c2c3cccc(Cl)c3nn2CC2CCC(F)(F)CC2)ccn1. The minimum absolute atomic E-state index is 0.0656. The summed E-state index contributed by atoms with van der Waals surface area (Å²) < 4.78 is 51.7. The van der Waals surface area contributed by atoms with Crippen LogP contribution in [0.2, 0.25) is 5.02 Å². The summed E-state index contributed by atoms with van der Waals surface area (Å²) in [6.07, 6.45) is 1.45. The van der Waals surface area contributed by atoms with Gasteiger partial charge in [-0.05, 0) is 30.9 Å². The number of halogens is 3. The van der Waals surface area contributed by atoms with Crippen molar-refractivity contribution in [2.75, 3.05) is 5.32 Å². The van der Waals surface area contributed by atoms with Crippen LogP contribution in [0.25, 0.3) is 10.9 Å². The zero-order valence-corrected chi connectivity index (χ0v) is 18.3. The predicted octanol–water partition coefficient (Wildman–Crippen LogP) is 3.81. The number of hydrogen-bond acceptors (Lipinski definition) is 5. The number of primary sulfonamides is 1. The molecule has 12 heteroatoms. The molecule has 2 heterocycles. The van der Waals surface area contributed by atoms with Crippen molar-refractivity contribution >= 4 is 44.1 Å². The van der Waals surface area contributed by atoms with Crippen molar-refractivity contribution in [3.05, 3.63) is 47.2 Å². The number of sulfonamides is 1. The van der Waals surface area contributed by atoms with Crippen molar-refractivity contribution < 1.29 is 22.0 Å².